The van der Waals surface area contributed by atoms with Crippen LogP contribution in [0.3, 0.4) is 0 Å². The average molecular weight is 190 g/mol. The molecule has 0 aromatic heterocycles. The molecule has 0 aromatic carbocycles. The fourth-order valence-electron chi connectivity index (χ4n) is 0.431. The van der Waals surface area contributed by atoms with Gasteiger partial charge >= 0.3 is 11.9 Å². The fourth-order valence-corrected chi connectivity index (χ4v) is 0.431. The zero-order valence-electron chi connectivity index (χ0n) is 8.88. The molecule has 0 bridgehead atoms. The molecule has 4 nitrogen and oxygen atoms in total. The van der Waals surface area contributed by atoms with E-state index in [2.05, 4.69) is 0 Å². The summed E-state index contributed by atoms with van der Waals surface area (Å²) >= 11 is 0. The number of carboxylic acids is 1. The minimum absolute atomic E-state index is 0.222. The molecule has 0 saturated carbocycles. The Hall–Kier alpha value is -1.06. The van der Waals surface area contributed by atoms with E-state index in [-0.39, 0.29) is 18.0 Å². The van der Waals surface area contributed by atoms with Crippen LogP contribution in [-0.4, -0.2) is 22.6 Å². The number of aliphatic carboxylic acids is 1. The summed E-state index contributed by atoms with van der Waals surface area (Å²) in [4.78, 5) is 19.6. The van der Waals surface area contributed by atoms with E-state index in [1.807, 2.05) is 20.8 Å². The summed E-state index contributed by atoms with van der Waals surface area (Å²) in [6.07, 6.45) is 0.222. The van der Waals surface area contributed by atoms with Gasteiger partial charge in [-0.25, -0.2) is 0 Å². The molecule has 0 amide bonds. The second kappa shape index (κ2) is 6.46. The molecule has 1 N–H and O–H groups in total. The van der Waals surface area contributed by atoms with Crippen molar-refractivity contribution in [1.29, 1.82) is 0 Å². The normalized spacial score (nSPS) is 9.62. The largest absolute Gasteiger partial charge is 0.481 e. The third-order valence-corrected chi connectivity index (χ3v) is 0.752. The summed E-state index contributed by atoms with van der Waals surface area (Å²) in [5.74, 6) is -0.970. The molecule has 0 fully saturated rings. The van der Waals surface area contributed by atoms with E-state index in [4.69, 9.17) is 9.84 Å². The first-order chi connectivity index (χ1) is 5.69. The maximum atomic E-state index is 10.2. The average Bonchev–Trinajstić information content (AvgIpc) is 1.83. The van der Waals surface area contributed by atoms with E-state index in [0.717, 1.165) is 0 Å². The van der Waals surface area contributed by atoms with Gasteiger partial charge in [0.15, 0.2) is 0 Å². The maximum absolute atomic E-state index is 10.2. The fraction of sp³-hybridized carbons (Fsp3) is 0.778. The highest BCUT2D eigenvalue weighted by molar-refractivity contribution is 5.66. The standard InChI is InChI=1S/C6H12O2.C3H6O2/c1-5(7)8-6(2,3)4;1-2-3(4)5/h1-4H3;2H2,1H3,(H,4,5). The monoisotopic (exact) mass is 190 g/mol. The van der Waals surface area contributed by atoms with E-state index in [1.165, 1.54) is 6.92 Å². The molecule has 0 atom stereocenters. The first kappa shape index (κ1) is 14.5. The molecule has 0 aliphatic heterocycles. The zero-order chi connectivity index (χ0) is 11.1. The van der Waals surface area contributed by atoms with Crippen molar-refractivity contribution in [2.24, 2.45) is 0 Å². The first-order valence-electron chi connectivity index (χ1n) is 4.10. The Balaban J connectivity index is 0. The molecule has 0 aliphatic carbocycles. The van der Waals surface area contributed by atoms with Crippen molar-refractivity contribution in [3.8, 4) is 0 Å². The van der Waals surface area contributed by atoms with Gasteiger partial charge in [0, 0.05) is 13.3 Å². The zero-order valence-corrected chi connectivity index (χ0v) is 8.88. The van der Waals surface area contributed by atoms with E-state index in [9.17, 15) is 9.59 Å². The number of carbonyl (C=O) groups is 2. The van der Waals surface area contributed by atoms with Crippen LogP contribution < -0.4 is 0 Å². The van der Waals surface area contributed by atoms with E-state index in [1.54, 1.807) is 6.92 Å². The number of carbonyl (C=O) groups excluding carboxylic acids is 1. The molecule has 0 unspecified atom stereocenters. The van der Waals surface area contributed by atoms with Crippen LogP contribution in [0.2, 0.25) is 0 Å². The van der Waals surface area contributed by atoms with Crippen LogP contribution in [0.15, 0.2) is 0 Å². The molecular formula is C9H18O4. The van der Waals surface area contributed by atoms with Gasteiger partial charge in [0.2, 0.25) is 0 Å². The van der Waals surface area contributed by atoms with Gasteiger partial charge in [-0.15, -0.1) is 0 Å². The van der Waals surface area contributed by atoms with Crippen molar-refractivity contribution in [2.75, 3.05) is 0 Å². The Morgan fingerprint density at radius 1 is 1.31 bits per heavy atom. The molecule has 0 radical (unpaired) electrons. The first-order valence-corrected chi connectivity index (χ1v) is 4.10. The summed E-state index contributed by atoms with van der Waals surface area (Å²) in [6.45, 7) is 8.53. The predicted molar refractivity (Wildman–Crippen MR) is 49.4 cm³/mol. The summed E-state index contributed by atoms with van der Waals surface area (Å²) in [5, 5.41) is 7.72. The summed E-state index contributed by atoms with van der Waals surface area (Å²) in [5.41, 5.74) is -0.328. The molecule has 0 spiro atoms. The molecule has 0 aromatic rings. The van der Waals surface area contributed by atoms with Gasteiger partial charge in [-0.3, -0.25) is 9.59 Å². The van der Waals surface area contributed by atoms with Crippen molar-refractivity contribution >= 4 is 11.9 Å². The van der Waals surface area contributed by atoms with Crippen LogP contribution in [0.5, 0.6) is 0 Å². The van der Waals surface area contributed by atoms with Gasteiger partial charge in [0.05, 0.1) is 0 Å². The Bertz CT molecular complexity index is 167. The smallest absolute Gasteiger partial charge is 0.303 e. The summed E-state index contributed by atoms with van der Waals surface area (Å²) in [6, 6.07) is 0. The lowest BCUT2D eigenvalue weighted by atomic mass is 10.2. The van der Waals surface area contributed by atoms with Crippen LogP contribution >= 0.6 is 0 Å². The Kier molecular flexibility index (Phi) is 7.18. The molecule has 0 aliphatic rings. The van der Waals surface area contributed by atoms with Crippen LogP contribution in [0.4, 0.5) is 0 Å². The molecule has 0 saturated heterocycles. The molecule has 78 valence electrons. The maximum Gasteiger partial charge on any atom is 0.303 e. The molecule has 0 heterocycles. The molecule has 0 rings (SSSR count). The van der Waals surface area contributed by atoms with E-state index < -0.39 is 5.97 Å². The minimum Gasteiger partial charge on any atom is -0.481 e. The lowest BCUT2D eigenvalue weighted by Crippen LogP contribution is -2.21. The predicted octanol–water partition coefficient (Wildman–Crippen LogP) is 1.83. The Morgan fingerprint density at radius 3 is 1.62 bits per heavy atom. The third-order valence-electron chi connectivity index (χ3n) is 0.752. The molecule has 13 heavy (non-hydrogen) atoms. The summed E-state index contributed by atoms with van der Waals surface area (Å²) < 4.78 is 4.80. The van der Waals surface area contributed by atoms with Gasteiger partial charge in [-0.1, -0.05) is 6.92 Å². The topological polar surface area (TPSA) is 63.6 Å². The number of hydrogen-bond donors (Lipinski definition) is 1. The number of hydrogen-bond acceptors (Lipinski definition) is 3. The number of rotatable bonds is 1. The van der Waals surface area contributed by atoms with Crippen molar-refractivity contribution in [1.82, 2.24) is 0 Å². The lowest BCUT2D eigenvalue weighted by molar-refractivity contribution is -0.151. The second-order valence-corrected chi connectivity index (χ2v) is 3.45. The van der Waals surface area contributed by atoms with Crippen molar-refractivity contribution in [2.45, 2.75) is 46.6 Å². The molecule has 4 heteroatoms. The van der Waals surface area contributed by atoms with Crippen molar-refractivity contribution < 1.29 is 19.4 Å². The summed E-state index contributed by atoms with van der Waals surface area (Å²) in [7, 11) is 0. The van der Waals surface area contributed by atoms with Crippen molar-refractivity contribution in [3.05, 3.63) is 0 Å². The van der Waals surface area contributed by atoms with Gasteiger partial charge in [-0.2, -0.15) is 0 Å². The third kappa shape index (κ3) is 24.8. The Morgan fingerprint density at radius 2 is 1.62 bits per heavy atom. The van der Waals surface area contributed by atoms with Crippen LogP contribution in [0, 0.1) is 0 Å². The molecular weight excluding hydrogens is 172 g/mol. The van der Waals surface area contributed by atoms with Gasteiger partial charge in [-0.05, 0) is 20.8 Å². The second-order valence-electron chi connectivity index (χ2n) is 3.45. The minimum atomic E-state index is -0.745. The number of carboxylic acid groups (broad SMARTS) is 1. The quantitative estimate of drug-likeness (QED) is 0.641. The highest BCUT2D eigenvalue weighted by Gasteiger charge is 2.11. The highest BCUT2D eigenvalue weighted by Crippen LogP contribution is 2.05. The van der Waals surface area contributed by atoms with E-state index in [0.29, 0.717) is 0 Å². The van der Waals surface area contributed by atoms with E-state index >= 15 is 0 Å². The van der Waals surface area contributed by atoms with Crippen LogP contribution in [0.1, 0.15) is 41.0 Å². The van der Waals surface area contributed by atoms with Gasteiger partial charge in [0.25, 0.3) is 0 Å². The highest BCUT2D eigenvalue weighted by atomic mass is 16.6. The number of esters is 1. The van der Waals surface area contributed by atoms with Crippen molar-refractivity contribution in [3.63, 3.8) is 0 Å². The number of ether oxygens (including phenoxy) is 1. The van der Waals surface area contributed by atoms with Crippen LogP contribution in [0.25, 0.3) is 0 Å². The Labute approximate surface area is 78.9 Å². The lowest BCUT2D eigenvalue weighted by Gasteiger charge is -2.17. The van der Waals surface area contributed by atoms with Crippen LogP contribution in [-0.2, 0) is 14.3 Å². The SMILES string of the molecule is CC(=O)OC(C)(C)C.CCC(=O)O. The van der Waals surface area contributed by atoms with Gasteiger partial charge < -0.3 is 9.84 Å². The van der Waals surface area contributed by atoms with Gasteiger partial charge in [0.1, 0.15) is 5.60 Å².